The molecule has 0 N–H and O–H groups in total. The first-order valence-electron chi connectivity index (χ1n) is 13.6. The highest BCUT2D eigenvalue weighted by molar-refractivity contribution is 4.96. The van der Waals surface area contributed by atoms with Crippen LogP contribution in [-0.4, -0.2) is 31.2 Å². The third kappa shape index (κ3) is 6.87. The number of alkyl halides is 3. The van der Waals surface area contributed by atoms with Gasteiger partial charge in [0, 0.05) is 6.61 Å². The van der Waals surface area contributed by atoms with Gasteiger partial charge in [-0.05, 0) is 81.0 Å². The second-order valence-electron chi connectivity index (χ2n) is 10.9. The maximum atomic E-state index is 15.2. The van der Waals surface area contributed by atoms with Crippen molar-refractivity contribution in [2.45, 2.75) is 135 Å². The minimum absolute atomic E-state index is 0.00142. The van der Waals surface area contributed by atoms with Crippen molar-refractivity contribution in [1.82, 2.24) is 0 Å². The molecule has 0 spiro atoms. The molecule has 0 radical (unpaired) electrons. The normalized spacial score (nSPS) is 41.9. The van der Waals surface area contributed by atoms with Crippen molar-refractivity contribution in [2.24, 2.45) is 29.6 Å². The van der Waals surface area contributed by atoms with Crippen LogP contribution in [0, 0.1) is 29.6 Å². The number of hydrogen-bond donors (Lipinski definition) is 0. The van der Waals surface area contributed by atoms with E-state index in [4.69, 9.17) is 4.74 Å². The SMILES string of the molecule is CCCCCCC1CCC(C2CCC(C3CCC(OCCC)C(F)C3F)CC2F)CC1. The van der Waals surface area contributed by atoms with Crippen LogP contribution in [0.25, 0.3) is 0 Å². The fourth-order valence-electron chi connectivity index (χ4n) is 6.91. The average molecular weight is 445 g/mol. The zero-order chi connectivity index (χ0) is 22.2. The molecule has 31 heavy (non-hydrogen) atoms. The van der Waals surface area contributed by atoms with E-state index in [9.17, 15) is 8.78 Å². The smallest absolute Gasteiger partial charge is 0.157 e. The molecule has 4 heteroatoms. The van der Waals surface area contributed by atoms with E-state index < -0.39 is 24.6 Å². The van der Waals surface area contributed by atoms with Crippen molar-refractivity contribution in [3.05, 3.63) is 0 Å². The van der Waals surface area contributed by atoms with Crippen molar-refractivity contribution in [2.75, 3.05) is 6.61 Å². The second kappa shape index (κ2) is 12.8. The summed E-state index contributed by atoms with van der Waals surface area (Å²) in [6, 6.07) is 0. The third-order valence-corrected chi connectivity index (χ3v) is 8.82. The van der Waals surface area contributed by atoms with Crippen LogP contribution in [0.1, 0.15) is 110 Å². The molecule has 182 valence electrons. The van der Waals surface area contributed by atoms with Gasteiger partial charge in [-0.3, -0.25) is 0 Å². The van der Waals surface area contributed by atoms with E-state index in [0.717, 1.165) is 25.2 Å². The maximum absolute atomic E-state index is 15.2. The molecule has 0 amide bonds. The zero-order valence-electron chi connectivity index (χ0n) is 20.1. The first-order chi connectivity index (χ1) is 15.0. The van der Waals surface area contributed by atoms with Crippen molar-refractivity contribution in [1.29, 1.82) is 0 Å². The van der Waals surface area contributed by atoms with E-state index in [0.29, 0.717) is 31.8 Å². The van der Waals surface area contributed by atoms with Crippen LogP contribution in [0.15, 0.2) is 0 Å². The molecule has 7 unspecified atom stereocenters. The summed E-state index contributed by atoms with van der Waals surface area (Å²) in [6.45, 7) is 4.72. The summed E-state index contributed by atoms with van der Waals surface area (Å²) in [5, 5.41) is 0. The van der Waals surface area contributed by atoms with Crippen LogP contribution in [0.2, 0.25) is 0 Å². The first-order valence-corrected chi connectivity index (χ1v) is 13.6. The quantitative estimate of drug-likeness (QED) is 0.307. The number of hydrogen-bond acceptors (Lipinski definition) is 1. The van der Waals surface area contributed by atoms with Gasteiger partial charge in [-0.25, -0.2) is 13.2 Å². The standard InChI is InChI=1S/C27H47F3O/c1-3-5-6-7-8-19-9-11-20(12-10-19)22-14-13-21(18-24(22)28)23-15-16-25(31-17-4-2)27(30)26(23)29/h19-27H,3-18H2,1-2H3. The van der Waals surface area contributed by atoms with Crippen molar-refractivity contribution in [3.8, 4) is 0 Å². The maximum Gasteiger partial charge on any atom is 0.157 e. The highest BCUT2D eigenvalue weighted by Gasteiger charge is 2.47. The highest BCUT2D eigenvalue weighted by atomic mass is 19.2. The molecule has 0 bridgehead atoms. The average Bonchev–Trinajstić information content (AvgIpc) is 2.78. The lowest BCUT2D eigenvalue weighted by Gasteiger charge is -2.44. The highest BCUT2D eigenvalue weighted by Crippen LogP contribution is 2.48. The monoisotopic (exact) mass is 444 g/mol. The van der Waals surface area contributed by atoms with E-state index in [1.165, 1.54) is 57.8 Å². The minimum atomic E-state index is -1.55. The van der Waals surface area contributed by atoms with Crippen LogP contribution in [0.5, 0.6) is 0 Å². The Morgan fingerprint density at radius 1 is 0.677 bits per heavy atom. The topological polar surface area (TPSA) is 9.23 Å². The van der Waals surface area contributed by atoms with Gasteiger partial charge in [0.15, 0.2) is 6.17 Å². The molecule has 0 aromatic heterocycles. The lowest BCUT2D eigenvalue weighted by Crippen LogP contribution is -2.47. The lowest BCUT2D eigenvalue weighted by atomic mass is 9.64. The molecule has 3 aliphatic carbocycles. The molecular formula is C27H47F3O. The molecule has 3 saturated carbocycles. The Morgan fingerprint density at radius 3 is 2.06 bits per heavy atom. The van der Waals surface area contributed by atoms with Crippen molar-refractivity contribution >= 4 is 0 Å². The number of ether oxygens (including phenoxy) is 1. The molecule has 3 aliphatic rings. The van der Waals surface area contributed by atoms with Gasteiger partial charge in [0.1, 0.15) is 12.3 Å². The van der Waals surface area contributed by atoms with Gasteiger partial charge in [-0.2, -0.15) is 0 Å². The summed E-state index contributed by atoms with van der Waals surface area (Å²) in [6.07, 6.45) is 11.3. The zero-order valence-corrected chi connectivity index (χ0v) is 20.1. The van der Waals surface area contributed by atoms with Crippen LogP contribution >= 0.6 is 0 Å². The lowest BCUT2D eigenvalue weighted by molar-refractivity contribution is -0.0920. The predicted octanol–water partition coefficient (Wildman–Crippen LogP) is 8.40. The summed E-state index contributed by atoms with van der Waals surface area (Å²) >= 11 is 0. The first kappa shape index (κ1) is 25.4. The molecule has 0 saturated heterocycles. The Labute approximate surface area is 189 Å². The fraction of sp³-hybridized carbons (Fsp3) is 1.00. The second-order valence-corrected chi connectivity index (χ2v) is 10.9. The van der Waals surface area contributed by atoms with Gasteiger partial charge in [0.2, 0.25) is 0 Å². The Balaban J connectivity index is 1.42. The van der Waals surface area contributed by atoms with Gasteiger partial charge in [0.25, 0.3) is 0 Å². The van der Waals surface area contributed by atoms with E-state index in [1.54, 1.807) is 0 Å². The molecule has 1 nitrogen and oxygen atoms in total. The largest absolute Gasteiger partial charge is 0.375 e. The molecule has 3 fully saturated rings. The van der Waals surface area contributed by atoms with E-state index in [-0.39, 0.29) is 17.8 Å². The van der Waals surface area contributed by atoms with E-state index in [2.05, 4.69) is 6.92 Å². The van der Waals surface area contributed by atoms with Crippen LogP contribution < -0.4 is 0 Å². The third-order valence-electron chi connectivity index (χ3n) is 8.82. The predicted molar refractivity (Wildman–Crippen MR) is 122 cm³/mol. The molecule has 3 rings (SSSR count). The number of unbranched alkanes of at least 4 members (excludes halogenated alkanes) is 3. The molecular weight excluding hydrogens is 397 g/mol. The molecule has 0 heterocycles. The van der Waals surface area contributed by atoms with E-state index >= 15 is 4.39 Å². The van der Waals surface area contributed by atoms with Gasteiger partial charge in [0.05, 0.1) is 6.10 Å². The molecule has 0 aromatic rings. The summed E-state index contributed by atoms with van der Waals surface area (Å²) < 4.78 is 50.3. The summed E-state index contributed by atoms with van der Waals surface area (Å²) in [5.74, 6) is 1.19. The van der Waals surface area contributed by atoms with Crippen LogP contribution in [-0.2, 0) is 4.74 Å². The van der Waals surface area contributed by atoms with Crippen molar-refractivity contribution < 1.29 is 17.9 Å². The molecule has 0 aliphatic heterocycles. The Kier molecular flexibility index (Phi) is 10.5. The summed E-state index contributed by atoms with van der Waals surface area (Å²) in [5.41, 5.74) is 0. The van der Waals surface area contributed by atoms with Gasteiger partial charge in [-0.1, -0.05) is 58.8 Å². The van der Waals surface area contributed by atoms with Gasteiger partial charge >= 0.3 is 0 Å². The molecule has 0 aromatic carbocycles. The van der Waals surface area contributed by atoms with E-state index in [1.807, 2.05) is 6.92 Å². The van der Waals surface area contributed by atoms with Gasteiger partial charge < -0.3 is 4.74 Å². The fourth-order valence-corrected chi connectivity index (χ4v) is 6.91. The minimum Gasteiger partial charge on any atom is -0.375 e. The Bertz CT molecular complexity index is 493. The Hall–Kier alpha value is -0.250. The van der Waals surface area contributed by atoms with Crippen LogP contribution in [0.4, 0.5) is 13.2 Å². The summed E-state index contributed by atoms with van der Waals surface area (Å²) in [7, 11) is 0. The molecule has 7 atom stereocenters. The van der Waals surface area contributed by atoms with Gasteiger partial charge in [-0.15, -0.1) is 0 Å². The van der Waals surface area contributed by atoms with Crippen LogP contribution in [0.3, 0.4) is 0 Å². The number of halogens is 3. The Morgan fingerprint density at radius 2 is 1.39 bits per heavy atom. The summed E-state index contributed by atoms with van der Waals surface area (Å²) in [4.78, 5) is 0. The van der Waals surface area contributed by atoms with Crippen molar-refractivity contribution in [3.63, 3.8) is 0 Å². The number of rotatable bonds is 10.